The van der Waals surface area contributed by atoms with Gasteiger partial charge in [0, 0.05) is 37.9 Å². The van der Waals surface area contributed by atoms with Gasteiger partial charge in [-0.15, -0.1) is 0 Å². The van der Waals surface area contributed by atoms with E-state index in [1.165, 1.54) is 42.5 Å². The Labute approximate surface area is 191 Å². The van der Waals surface area contributed by atoms with E-state index in [9.17, 15) is 0 Å². The smallest absolute Gasteiger partial charge is 0.131 e. The first-order valence-electron chi connectivity index (χ1n) is 12.9. The second-order valence-electron chi connectivity index (χ2n) is 11.1. The molecule has 4 aliphatic carbocycles. The van der Waals surface area contributed by atoms with E-state index in [1.54, 1.807) is 0 Å². The Balaban J connectivity index is 1.11. The van der Waals surface area contributed by atoms with Gasteiger partial charge in [-0.05, 0) is 91.5 Å². The summed E-state index contributed by atoms with van der Waals surface area (Å²) in [4.78, 5) is 7.71. The molecule has 0 radical (unpaired) electrons. The Morgan fingerprint density at radius 1 is 1.06 bits per heavy atom. The summed E-state index contributed by atoms with van der Waals surface area (Å²) in [5.74, 6) is 7.15. The number of anilines is 1. The van der Waals surface area contributed by atoms with Gasteiger partial charge in [-0.3, -0.25) is 0 Å². The molecule has 7 rings (SSSR count). The number of pyridine rings is 1. The Bertz CT molecular complexity index is 1030. The second-order valence-corrected chi connectivity index (χ2v) is 11.1. The Morgan fingerprint density at radius 3 is 2.50 bits per heavy atom. The Kier molecular flexibility index (Phi) is 4.22. The van der Waals surface area contributed by atoms with Crippen LogP contribution in [-0.2, 0) is 12.0 Å². The summed E-state index contributed by atoms with van der Waals surface area (Å²) in [5, 5.41) is 0. The zero-order chi connectivity index (χ0) is 21.4. The van der Waals surface area contributed by atoms with Gasteiger partial charge < -0.3 is 15.4 Å². The molecule has 1 aliphatic heterocycles. The lowest BCUT2D eigenvalue weighted by molar-refractivity contribution is -0.306. The predicted molar refractivity (Wildman–Crippen MR) is 127 cm³/mol. The fourth-order valence-electron chi connectivity index (χ4n) is 8.52. The molecule has 32 heavy (non-hydrogen) atoms. The van der Waals surface area contributed by atoms with Gasteiger partial charge >= 0.3 is 0 Å². The number of nitrogens with two attached hydrogens (primary N) is 1. The highest BCUT2D eigenvalue weighted by Crippen LogP contribution is 2.82. The molecular formula is C28H35N3O. The van der Waals surface area contributed by atoms with E-state index in [0.29, 0.717) is 12.0 Å². The van der Waals surface area contributed by atoms with Crippen molar-refractivity contribution < 1.29 is 4.74 Å². The third-order valence-electron chi connectivity index (χ3n) is 10.1. The summed E-state index contributed by atoms with van der Waals surface area (Å²) in [6.07, 6.45) is 8.15. The molecule has 0 bridgehead atoms. The monoisotopic (exact) mass is 429 g/mol. The molecule has 5 fully saturated rings. The van der Waals surface area contributed by atoms with Gasteiger partial charge in [-0.2, -0.15) is 0 Å². The largest absolute Gasteiger partial charge is 0.490 e. The molecule has 1 aromatic carbocycles. The molecule has 4 heteroatoms. The van der Waals surface area contributed by atoms with E-state index in [-0.39, 0.29) is 6.10 Å². The van der Waals surface area contributed by atoms with Gasteiger partial charge in [0.2, 0.25) is 0 Å². The second kappa shape index (κ2) is 6.96. The average Bonchev–Trinajstić information content (AvgIpc) is 2.79. The maximum absolute atomic E-state index is 6.33. The van der Waals surface area contributed by atoms with Crippen LogP contribution in [-0.4, -0.2) is 24.2 Å². The number of benzene rings is 1. The Hall–Kier alpha value is -2.07. The van der Waals surface area contributed by atoms with Gasteiger partial charge in [0.05, 0.1) is 5.69 Å². The molecule has 168 valence electrons. The van der Waals surface area contributed by atoms with Crippen molar-refractivity contribution in [3.63, 3.8) is 0 Å². The number of fused-ring (bicyclic) bond motifs is 7. The van der Waals surface area contributed by atoms with E-state index in [4.69, 9.17) is 15.5 Å². The normalized spacial score (nSPS) is 37.1. The Morgan fingerprint density at radius 2 is 1.84 bits per heavy atom. The van der Waals surface area contributed by atoms with Crippen molar-refractivity contribution in [1.29, 1.82) is 0 Å². The number of rotatable bonds is 5. The van der Waals surface area contributed by atoms with Crippen molar-refractivity contribution in [3.8, 4) is 5.75 Å². The lowest BCUT2D eigenvalue weighted by Crippen LogP contribution is -2.79. The average molecular weight is 430 g/mol. The van der Waals surface area contributed by atoms with E-state index < -0.39 is 0 Å². The van der Waals surface area contributed by atoms with Crippen LogP contribution < -0.4 is 15.4 Å². The number of hydrogen-bond acceptors (Lipinski definition) is 4. The number of ether oxygens (including phenoxy) is 1. The first-order chi connectivity index (χ1) is 15.7. The van der Waals surface area contributed by atoms with Crippen LogP contribution in [0.15, 0.2) is 36.4 Å². The summed E-state index contributed by atoms with van der Waals surface area (Å²) in [6.45, 7) is 4.83. The van der Waals surface area contributed by atoms with Gasteiger partial charge in [0.1, 0.15) is 17.7 Å². The minimum absolute atomic E-state index is 0.290. The molecule has 6 atom stereocenters. The molecule has 1 aromatic heterocycles. The van der Waals surface area contributed by atoms with Crippen LogP contribution in [0.4, 0.5) is 5.82 Å². The van der Waals surface area contributed by atoms with Gasteiger partial charge in [-0.25, -0.2) is 4.98 Å². The lowest BCUT2D eigenvalue weighted by Gasteiger charge is -2.83. The van der Waals surface area contributed by atoms with Crippen molar-refractivity contribution in [3.05, 3.63) is 53.2 Å². The van der Waals surface area contributed by atoms with Crippen LogP contribution in [0.2, 0.25) is 0 Å². The molecule has 2 aromatic rings. The van der Waals surface area contributed by atoms with Crippen LogP contribution in [0.25, 0.3) is 0 Å². The number of aromatic nitrogens is 1. The minimum atomic E-state index is 0.290. The molecular weight excluding hydrogens is 394 g/mol. The van der Waals surface area contributed by atoms with Crippen molar-refractivity contribution >= 4 is 5.82 Å². The van der Waals surface area contributed by atoms with Crippen molar-refractivity contribution in [2.24, 2.45) is 35.3 Å². The third-order valence-corrected chi connectivity index (χ3v) is 10.1. The quantitative estimate of drug-likeness (QED) is 0.740. The molecule has 1 saturated heterocycles. The van der Waals surface area contributed by atoms with Crippen molar-refractivity contribution in [2.75, 3.05) is 18.0 Å². The highest BCUT2D eigenvalue weighted by atomic mass is 16.5. The first-order valence-corrected chi connectivity index (χ1v) is 12.9. The highest BCUT2D eigenvalue weighted by molar-refractivity contribution is 5.54. The third kappa shape index (κ3) is 2.45. The first kappa shape index (κ1) is 19.4. The van der Waals surface area contributed by atoms with E-state index in [1.807, 2.05) is 18.2 Å². The molecule has 0 spiro atoms. The molecule has 6 unspecified atom stereocenters. The van der Waals surface area contributed by atoms with Crippen LogP contribution >= 0.6 is 0 Å². The summed E-state index contributed by atoms with van der Waals surface area (Å²) in [6, 6.07) is 12.7. The summed E-state index contributed by atoms with van der Waals surface area (Å²) in [5.41, 5.74) is 10.8. The standard InChI is InChI=1S/C28H35N3O/c1-17-15-23(28-12-9-22(28)25-20-7-8-21(20)26(25)28)24(16-29)30-27(17)31-13-10-19(11-14-31)32-18-5-3-2-4-6-18/h2-6,15,19-22,25-26H,7-14,16,29H2,1H3. The topological polar surface area (TPSA) is 51.4 Å². The number of aryl methyl sites for hydroxylation is 1. The highest BCUT2D eigenvalue weighted by Gasteiger charge is 2.78. The fourth-order valence-corrected chi connectivity index (χ4v) is 8.52. The lowest BCUT2D eigenvalue weighted by atomic mass is 9.21. The van der Waals surface area contributed by atoms with Gasteiger partial charge in [-0.1, -0.05) is 18.2 Å². The molecule has 4 saturated carbocycles. The van der Waals surface area contributed by atoms with Crippen LogP contribution in [0, 0.1) is 36.5 Å². The number of piperidine rings is 1. The molecule has 2 heterocycles. The number of para-hydroxylation sites is 1. The summed E-state index contributed by atoms with van der Waals surface area (Å²) in [7, 11) is 0. The summed E-state index contributed by atoms with van der Waals surface area (Å²) < 4.78 is 6.21. The molecule has 4 nitrogen and oxygen atoms in total. The SMILES string of the molecule is Cc1cc(C23CCC2C2C4CCC4C23)c(CN)nc1N1CCC(Oc2ccccc2)CC1. The van der Waals surface area contributed by atoms with Crippen molar-refractivity contribution in [1.82, 2.24) is 4.98 Å². The summed E-state index contributed by atoms with van der Waals surface area (Å²) >= 11 is 0. The number of nitrogens with zero attached hydrogens (tertiary/aromatic N) is 2. The van der Waals surface area contributed by atoms with Crippen LogP contribution in [0.1, 0.15) is 55.3 Å². The molecule has 0 amide bonds. The van der Waals surface area contributed by atoms with Gasteiger partial charge in [0.15, 0.2) is 0 Å². The molecule has 2 N–H and O–H groups in total. The zero-order valence-corrected chi connectivity index (χ0v) is 19.2. The number of hydrogen-bond donors (Lipinski definition) is 1. The molecule has 5 aliphatic rings. The van der Waals surface area contributed by atoms with Crippen LogP contribution in [0.5, 0.6) is 5.75 Å². The predicted octanol–water partition coefficient (Wildman–Crippen LogP) is 4.83. The maximum Gasteiger partial charge on any atom is 0.131 e. The van der Waals surface area contributed by atoms with Gasteiger partial charge in [0.25, 0.3) is 0 Å². The minimum Gasteiger partial charge on any atom is -0.490 e. The van der Waals surface area contributed by atoms with E-state index >= 15 is 0 Å². The fraction of sp³-hybridized carbons (Fsp3) is 0.607. The zero-order valence-electron chi connectivity index (χ0n) is 19.2. The van der Waals surface area contributed by atoms with E-state index in [2.05, 4.69) is 30.0 Å². The maximum atomic E-state index is 6.33. The van der Waals surface area contributed by atoms with Crippen LogP contribution in [0.3, 0.4) is 0 Å². The van der Waals surface area contributed by atoms with E-state index in [0.717, 1.165) is 67.1 Å². The van der Waals surface area contributed by atoms with Crippen molar-refractivity contribution in [2.45, 2.75) is 63.5 Å².